The molecule has 0 radical (unpaired) electrons. The Balaban J connectivity index is 3.36. The van der Waals surface area contributed by atoms with Crippen LogP contribution in [0.5, 0.6) is 17.2 Å². The van der Waals surface area contributed by atoms with Crippen LogP contribution in [0.2, 0.25) is 0 Å². The second-order valence-corrected chi connectivity index (χ2v) is 3.81. The highest BCUT2D eigenvalue weighted by molar-refractivity contribution is 5.54. The van der Waals surface area contributed by atoms with Crippen molar-refractivity contribution in [2.24, 2.45) is 5.73 Å². The van der Waals surface area contributed by atoms with E-state index in [1.165, 1.54) is 33.3 Å². The van der Waals surface area contributed by atoms with E-state index < -0.39 is 12.0 Å². The second kappa shape index (κ2) is 4.75. The number of benzene rings is 1. The number of hydrogen-bond acceptors (Lipinski definition) is 4. The Labute approximate surface area is 97.9 Å². The number of alkyl halides is 2. The Bertz CT molecular complexity index is 383. The fourth-order valence-electron chi connectivity index (χ4n) is 1.33. The average molecular weight is 247 g/mol. The van der Waals surface area contributed by atoms with Crippen molar-refractivity contribution in [2.75, 3.05) is 14.2 Å². The van der Waals surface area contributed by atoms with Gasteiger partial charge in [-0.1, -0.05) is 0 Å². The van der Waals surface area contributed by atoms with Crippen molar-refractivity contribution in [2.45, 2.75) is 18.9 Å². The van der Waals surface area contributed by atoms with Gasteiger partial charge in [0.15, 0.2) is 11.5 Å². The van der Waals surface area contributed by atoms with Crippen LogP contribution >= 0.6 is 0 Å². The Hall–Kier alpha value is -1.56. The number of methoxy groups -OCH3 is 2. The molecule has 96 valence electrons. The van der Waals surface area contributed by atoms with Gasteiger partial charge < -0.3 is 20.3 Å². The largest absolute Gasteiger partial charge is 0.502 e. The monoisotopic (exact) mass is 247 g/mol. The lowest BCUT2D eigenvalue weighted by Crippen LogP contribution is -2.40. The van der Waals surface area contributed by atoms with Crippen molar-refractivity contribution in [3.05, 3.63) is 17.7 Å². The van der Waals surface area contributed by atoms with E-state index in [1.54, 1.807) is 0 Å². The Kier molecular flexibility index (Phi) is 3.77. The maximum Gasteiger partial charge on any atom is 0.260 e. The number of phenols is 1. The summed E-state index contributed by atoms with van der Waals surface area (Å²) in [6.45, 7) is 1.20. The summed E-state index contributed by atoms with van der Waals surface area (Å²) in [5, 5.41) is 9.64. The van der Waals surface area contributed by atoms with Crippen molar-refractivity contribution in [3.8, 4) is 17.2 Å². The molecule has 6 heteroatoms. The lowest BCUT2D eigenvalue weighted by molar-refractivity contribution is 0.0622. The summed E-state index contributed by atoms with van der Waals surface area (Å²) in [6, 6.07) is 2.54. The molecule has 1 rings (SSSR count). The van der Waals surface area contributed by atoms with Crippen LogP contribution in [-0.2, 0) is 5.54 Å². The minimum atomic E-state index is -2.75. The Morgan fingerprint density at radius 3 is 1.94 bits per heavy atom. The van der Waals surface area contributed by atoms with Gasteiger partial charge in [0.25, 0.3) is 6.43 Å². The molecule has 0 aromatic heterocycles. The van der Waals surface area contributed by atoms with E-state index >= 15 is 0 Å². The summed E-state index contributed by atoms with van der Waals surface area (Å²) in [5.74, 6) is -0.169. The topological polar surface area (TPSA) is 64.7 Å². The number of hydrogen-bond donors (Lipinski definition) is 2. The number of phenolic OH excluding ortho intramolecular Hbond substituents is 1. The Morgan fingerprint density at radius 1 is 1.24 bits per heavy atom. The molecule has 0 aliphatic rings. The van der Waals surface area contributed by atoms with E-state index in [-0.39, 0.29) is 22.8 Å². The molecule has 0 aliphatic heterocycles. The Morgan fingerprint density at radius 2 is 1.65 bits per heavy atom. The molecular formula is C11H15F2NO3. The van der Waals surface area contributed by atoms with Crippen LogP contribution in [0.25, 0.3) is 0 Å². The van der Waals surface area contributed by atoms with Gasteiger partial charge in [-0.05, 0) is 24.6 Å². The van der Waals surface area contributed by atoms with E-state index in [1.807, 2.05) is 0 Å². The van der Waals surface area contributed by atoms with Crippen molar-refractivity contribution < 1.29 is 23.4 Å². The molecule has 0 saturated carbocycles. The molecular weight excluding hydrogens is 232 g/mol. The predicted octanol–water partition coefficient (Wildman–Crippen LogP) is 1.85. The molecule has 0 fully saturated rings. The number of nitrogens with two attached hydrogens (primary N) is 1. The molecule has 3 N–H and O–H groups in total. The van der Waals surface area contributed by atoms with Gasteiger partial charge in [-0.3, -0.25) is 0 Å². The number of halogens is 2. The lowest BCUT2D eigenvalue weighted by atomic mass is 9.93. The standard InChI is InChI=1S/C11H15F2NO3/c1-11(14,10(12)13)6-4-7(16-2)9(15)8(5-6)17-3/h4-5,10,15H,14H2,1-3H3. The number of rotatable bonds is 4. The molecule has 0 heterocycles. The second-order valence-electron chi connectivity index (χ2n) is 3.81. The highest BCUT2D eigenvalue weighted by Gasteiger charge is 2.34. The van der Waals surface area contributed by atoms with E-state index in [0.29, 0.717) is 0 Å². The first-order chi connectivity index (χ1) is 7.84. The number of ether oxygens (including phenoxy) is 2. The van der Waals surface area contributed by atoms with Gasteiger partial charge in [0.05, 0.1) is 19.8 Å². The van der Waals surface area contributed by atoms with Gasteiger partial charge in [0.1, 0.15) is 0 Å². The first kappa shape index (κ1) is 13.5. The van der Waals surface area contributed by atoms with Crippen LogP contribution in [-0.4, -0.2) is 25.8 Å². The quantitative estimate of drug-likeness (QED) is 0.852. The first-order valence-electron chi connectivity index (χ1n) is 4.87. The summed E-state index contributed by atoms with van der Waals surface area (Å²) in [5.41, 5.74) is 3.82. The van der Waals surface area contributed by atoms with E-state index in [4.69, 9.17) is 15.2 Å². The third kappa shape index (κ3) is 2.41. The zero-order chi connectivity index (χ0) is 13.2. The van der Waals surface area contributed by atoms with Gasteiger partial charge >= 0.3 is 0 Å². The summed E-state index contributed by atoms with van der Waals surface area (Å²) in [7, 11) is 2.63. The molecule has 0 bridgehead atoms. The number of aromatic hydroxyl groups is 1. The van der Waals surface area contributed by atoms with Crippen molar-refractivity contribution in [1.82, 2.24) is 0 Å². The summed E-state index contributed by atoms with van der Waals surface area (Å²) >= 11 is 0. The fraction of sp³-hybridized carbons (Fsp3) is 0.455. The van der Waals surface area contributed by atoms with Crippen molar-refractivity contribution in [1.29, 1.82) is 0 Å². The average Bonchev–Trinajstić information content (AvgIpc) is 2.28. The minimum absolute atomic E-state index is 0.0386. The molecule has 1 unspecified atom stereocenters. The normalized spacial score (nSPS) is 14.5. The maximum atomic E-state index is 12.8. The molecule has 1 atom stereocenters. The van der Waals surface area contributed by atoms with Crippen LogP contribution < -0.4 is 15.2 Å². The van der Waals surface area contributed by atoms with Gasteiger partial charge in [-0.25, -0.2) is 8.78 Å². The molecule has 0 aliphatic carbocycles. The molecule has 4 nitrogen and oxygen atoms in total. The molecule has 17 heavy (non-hydrogen) atoms. The van der Waals surface area contributed by atoms with E-state index in [0.717, 1.165) is 0 Å². The lowest BCUT2D eigenvalue weighted by Gasteiger charge is -2.25. The molecule has 1 aromatic carbocycles. The van der Waals surface area contributed by atoms with Crippen molar-refractivity contribution >= 4 is 0 Å². The highest BCUT2D eigenvalue weighted by atomic mass is 19.3. The highest BCUT2D eigenvalue weighted by Crippen LogP contribution is 2.40. The molecule has 1 aromatic rings. The maximum absolute atomic E-state index is 12.8. The molecule has 0 spiro atoms. The summed E-state index contributed by atoms with van der Waals surface area (Å²) in [6.07, 6.45) is -2.75. The van der Waals surface area contributed by atoms with E-state index in [2.05, 4.69) is 0 Å². The summed E-state index contributed by atoms with van der Waals surface area (Å²) in [4.78, 5) is 0. The van der Waals surface area contributed by atoms with Gasteiger partial charge in [-0.15, -0.1) is 0 Å². The molecule has 0 amide bonds. The van der Waals surface area contributed by atoms with Gasteiger partial charge in [-0.2, -0.15) is 0 Å². The molecule has 0 saturated heterocycles. The van der Waals surface area contributed by atoms with Crippen LogP contribution in [0.1, 0.15) is 12.5 Å². The van der Waals surface area contributed by atoms with Crippen LogP contribution in [0.15, 0.2) is 12.1 Å². The smallest absolute Gasteiger partial charge is 0.260 e. The zero-order valence-corrected chi connectivity index (χ0v) is 9.83. The van der Waals surface area contributed by atoms with Crippen LogP contribution in [0.4, 0.5) is 8.78 Å². The first-order valence-corrected chi connectivity index (χ1v) is 4.87. The zero-order valence-electron chi connectivity index (χ0n) is 9.83. The summed E-state index contributed by atoms with van der Waals surface area (Å²) < 4.78 is 35.3. The predicted molar refractivity (Wildman–Crippen MR) is 58.8 cm³/mol. The van der Waals surface area contributed by atoms with Gasteiger partial charge in [0, 0.05) is 0 Å². The van der Waals surface area contributed by atoms with Crippen LogP contribution in [0.3, 0.4) is 0 Å². The minimum Gasteiger partial charge on any atom is -0.502 e. The fourth-order valence-corrected chi connectivity index (χ4v) is 1.33. The van der Waals surface area contributed by atoms with Crippen molar-refractivity contribution in [3.63, 3.8) is 0 Å². The van der Waals surface area contributed by atoms with Gasteiger partial charge in [0.2, 0.25) is 5.75 Å². The SMILES string of the molecule is COc1cc(C(C)(N)C(F)F)cc(OC)c1O. The third-order valence-corrected chi connectivity index (χ3v) is 2.56. The van der Waals surface area contributed by atoms with E-state index in [9.17, 15) is 13.9 Å². The third-order valence-electron chi connectivity index (χ3n) is 2.56. The van der Waals surface area contributed by atoms with Crippen LogP contribution in [0, 0.1) is 0 Å².